The smallest absolute Gasteiger partial charge is 0.343 e. The predicted octanol–water partition coefficient (Wildman–Crippen LogP) is 2.11. The van der Waals surface area contributed by atoms with Crippen LogP contribution in [0.3, 0.4) is 0 Å². The molecule has 0 fully saturated rings. The van der Waals surface area contributed by atoms with Crippen molar-refractivity contribution in [1.82, 2.24) is 4.90 Å². The van der Waals surface area contributed by atoms with Crippen molar-refractivity contribution in [2.24, 2.45) is 0 Å². The first-order valence-electron chi connectivity index (χ1n) is 4.56. The van der Waals surface area contributed by atoms with Crippen LogP contribution in [0.15, 0.2) is 11.1 Å². The van der Waals surface area contributed by atoms with Gasteiger partial charge in [-0.05, 0) is 13.3 Å². The Kier molecular flexibility index (Phi) is 3.66. The van der Waals surface area contributed by atoms with Crippen molar-refractivity contribution in [3.8, 4) is 0 Å². The van der Waals surface area contributed by atoms with Crippen LogP contribution in [0.1, 0.15) is 26.7 Å². The fraction of sp³-hybridized carbons (Fsp3) is 0.667. The Bertz CT molecular complexity index is 228. The van der Waals surface area contributed by atoms with Crippen molar-refractivity contribution < 1.29 is 9.90 Å². The minimum Gasteiger partial charge on any atom is -0.477 e. The minimum absolute atomic E-state index is 0.334. The molecule has 0 aromatic heterocycles. The maximum Gasteiger partial charge on any atom is 0.343 e. The zero-order chi connectivity index (χ0) is 9.84. The van der Waals surface area contributed by atoms with E-state index in [0.29, 0.717) is 10.3 Å². The number of rotatable bonds is 4. The molecule has 1 heterocycles. The lowest BCUT2D eigenvalue weighted by Gasteiger charge is -2.21. The maximum absolute atomic E-state index is 10.7. The van der Waals surface area contributed by atoms with Gasteiger partial charge in [0.2, 0.25) is 0 Å². The van der Waals surface area contributed by atoms with E-state index in [-0.39, 0.29) is 0 Å². The van der Waals surface area contributed by atoms with Gasteiger partial charge in [0.15, 0.2) is 0 Å². The van der Waals surface area contributed by atoms with Crippen LogP contribution in [0.25, 0.3) is 0 Å². The number of carboxylic acid groups (broad SMARTS) is 1. The summed E-state index contributed by atoms with van der Waals surface area (Å²) >= 11 is 1.46. The van der Waals surface area contributed by atoms with E-state index in [2.05, 4.69) is 11.8 Å². The van der Waals surface area contributed by atoms with Crippen LogP contribution < -0.4 is 0 Å². The van der Waals surface area contributed by atoms with Crippen LogP contribution in [0.4, 0.5) is 0 Å². The monoisotopic (exact) mass is 201 g/mol. The molecule has 74 valence electrons. The quantitative estimate of drug-likeness (QED) is 0.756. The lowest BCUT2D eigenvalue weighted by atomic mass is 10.3. The summed E-state index contributed by atoms with van der Waals surface area (Å²) in [5, 5.41) is 9.13. The molecule has 0 bridgehead atoms. The van der Waals surface area contributed by atoms with Gasteiger partial charge in [0.25, 0.3) is 0 Å². The van der Waals surface area contributed by atoms with E-state index in [0.717, 1.165) is 19.4 Å². The highest BCUT2D eigenvalue weighted by Crippen LogP contribution is 2.34. The van der Waals surface area contributed by atoms with Crippen LogP contribution in [0, 0.1) is 0 Å². The average molecular weight is 201 g/mol. The largest absolute Gasteiger partial charge is 0.477 e. The molecule has 1 atom stereocenters. The van der Waals surface area contributed by atoms with Crippen LogP contribution >= 0.6 is 11.8 Å². The minimum atomic E-state index is -0.804. The lowest BCUT2D eigenvalue weighted by Crippen LogP contribution is -2.23. The fourth-order valence-corrected chi connectivity index (χ4v) is 2.64. The van der Waals surface area contributed by atoms with Crippen molar-refractivity contribution in [2.45, 2.75) is 32.1 Å². The Morgan fingerprint density at radius 1 is 1.69 bits per heavy atom. The summed E-state index contributed by atoms with van der Waals surface area (Å²) in [4.78, 5) is 13.3. The van der Waals surface area contributed by atoms with Gasteiger partial charge in [-0.1, -0.05) is 25.1 Å². The van der Waals surface area contributed by atoms with Gasteiger partial charge in [-0.2, -0.15) is 0 Å². The predicted molar refractivity (Wildman–Crippen MR) is 54.4 cm³/mol. The lowest BCUT2D eigenvalue weighted by molar-refractivity contribution is -0.131. The van der Waals surface area contributed by atoms with Crippen molar-refractivity contribution >= 4 is 17.7 Å². The highest BCUT2D eigenvalue weighted by Gasteiger charge is 2.26. The Labute approximate surface area is 82.8 Å². The van der Waals surface area contributed by atoms with Crippen LogP contribution in [-0.2, 0) is 4.79 Å². The Morgan fingerprint density at radius 3 is 2.85 bits per heavy atom. The van der Waals surface area contributed by atoms with Crippen molar-refractivity contribution in [2.75, 3.05) is 6.54 Å². The van der Waals surface area contributed by atoms with E-state index in [1.54, 1.807) is 6.20 Å². The molecule has 0 amide bonds. The number of thioether (sulfide) groups is 1. The first kappa shape index (κ1) is 10.4. The summed E-state index contributed by atoms with van der Waals surface area (Å²) in [6.07, 6.45) is 3.90. The number of carbonyl (C=O) groups is 1. The molecule has 0 saturated heterocycles. The summed E-state index contributed by atoms with van der Waals surface area (Å²) in [5.41, 5.74) is 0. The second kappa shape index (κ2) is 4.56. The standard InChI is InChI=1S/C9H15NO2S/c1-3-5-8-10(4-2)6-7(13-8)9(11)12/h6,8H,3-5H2,1-2H3,(H,11,12). The van der Waals surface area contributed by atoms with Crippen molar-refractivity contribution in [3.05, 3.63) is 11.1 Å². The zero-order valence-electron chi connectivity index (χ0n) is 7.99. The zero-order valence-corrected chi connectivity index (χ0v) is 8.80. The summed E-state index contributed by atoms with van der Waals surface area (Å²) < 4.78 is 0. The Balaban J connectivity index is 2.61. The third-order valence-corrected chi connectivity index (χ3v) is 3.34. The molecule has 1 unspecified atom stereocenters. The maximum atomic E-state index is 10.7. The molecular weight excluding hydrogens is 186 g/mol. The van der Waals surface area contributed by atoms with Gasteiger partial charge >= 0.3 is 5.97 Å². The fourth-order valence-electron chi connectivity index (χ4n) is 1.35. The highest BCUT2D eigenvalue weighted by atomic mass is 32.2. The SMILES string of the molecule is CCCC1SC(C(=O)O)=CN1CC. The molecular formula is C9H15NO2S. The van der Waals surface area contributed by atoms with Gasteiger partial charge in [0.05, 0.1) is 5.37 Å². The third-order valence-electron chi connectivity index (χ3n) is 2.03. The molecule has 3 nitrogen and oxygen atoms in total. The van der Waals surface area contributed by atoms with Gasteiger partial charge in [-0.15, -0.1) is 0 Å². The van der Waals surface area contributed by atoms with Gasteiger partial charge in [-0.25, -0.2) is 4.79 Å². The molecule has 0 aromatic rings. The topological polar surface area (TPSA) is 40.5 Å². The van der Waals surface area contributed by atoms with Crippen LogP contribution in [-0.4, -0.2) is 27.9 Å². The van der Waals surface area contributed by atoms with E-state index >= 15 is 0 Å². The van der Waals surface area contributed by atoms with Crippen LogP contribution in [0.5, 0.6) is 0 Å². The molecule has 0 spiro atoms. The Hall–Kier alpha value is -0.640. The first-order valence-corrected chi connectivity index (χ1v) is 5.44. The summed E-state index contributed by atoms with van der Waals surface area (Å²) in [5.74, 6) is -0.804. The van der Waals surface area contributed by atoms with Crippen molar-refractivity contribution in [3.63, 3.8) is 0 Å². The molecule has 1 aliphatic heterocycles. The molecule has 0 aliphatic carbocycles. The van der Waals surface area contributed by atoms with E-state index in [1.807, 2.05) is 6.92 Å². The second-order valence-electron chi connectivity index (χ2n) is 2.99. The normalized spacial score (nSPS) is 21.8. The average Bonchev–Trinajstić information content (AvgIpc) is 2.48. The molecule has 0 aromatic carbocycles. The number of nitrogens with zero attached hydrogens (tertiary/aromatic N) is 1. The summed E-state index contributed by atoms with van der Waals surface area (Å²) in [6.45, 7) is 5.05. The number of carboxylic acids is 1. The molecule has 0 radical (unpaired) electrons. The second-order valence-corrected chi connectivity index (χ2v) is 4.21. The number of aliphatic carboxylic acids is 1. The highest BCUT2D eigenvalue weighted by molar-refractivity contribution is 8.04. The van der Waals surface area contributed by atoms with E-state index < -0.39 is 5.97 Å². The van der Waals surface area contributed by atoms with Gasteiger partial charge < -0.3 is 10.0 Å². The molecule has 4 heteroatoms. The molecule has 1 rings (SSSR count). The Morgan fingerprint density at radius 2 is 2.38 bits per heavy atom. The van der Waals surface area contributed by atoms with E-state index in [4.69, 9.17) is 5.11 Å². The molecule has 0 saturated carbocycles. The molecule has 1 aliphatic rings. The van der Waals surface area contributed by atoms with Gasteiger partial charge in [-0.3, -0.25) is 0 Å². The van der Waals surface area contributed by atoms with Crippen molar-refractivity contribution in [1.29, 1.82) is 0 Å². The van der Waals surface area contributed by atoms with Gasteiger partial charge in [0, 0.05) is 12.7 Å². The van der Waals surface area contributed by atoms with E-state index in [9.17, 15) is 4.79 Å². The third kappa shape index (κ3) is 2.40. The first-order chi connectivity index (χ1) is 6.19. The summed E-state index contributed by atoms with van der Waals surface area (Å²) in [6, 6.07) is 0. The number of hydrogen-bond donors (Lipinski definition) is 1. The molecule has 13 heavy (non-hydrogen) atoms. The summed E-state index contributed by atoms with van der Waals surface area (Å²) in [7, 11) is 0. The van der Waals surface area contributed by atoms with Crippen LogP contribution in [0.2, 0.25) is 0 Å². The van der Waals surface area contributed by atoms with Gasteiger partial charge in [0.1, 0.15) is 4.91 Å². The molecule has 1 N–H and O–H groups in total. The van der Waals surface area contributed by atoms with E-state index in [1.165, 1.54) is 11.8 Å². The number of hydrogen-bond acceptors (Lipinski definition) is 3.